The van der Waals surface area contributed by atoms with Crippen LogP contribution in [0.15, 0.2) is 18.2 Å². The van der Waals surface area contributed by atoms with Crippen molar-refractivity contribution < 1.29 is 23.3 Å². The number of carbonyl (C=O) groups excluding carboxylic acids is 2. The molecule has 4 atom stereocenters. The Morgan fingerprint density at radius 2 is 1.86 bits per heavy atom. The number of hydrogen-bond donors (Lipinski definition) is 1. The quantitative estimate of drug-likeness (QED) is 0.472. The molecule has 7 nitrogen and oxygen atoms in total. The van der Waals surface area contributed by atoms with E-state index in [0.29, 0.717) is 17.8 Å². The van der Waals surface area contributed by atoms with Crippen molar-refractivity contribution in [3.05, 3.63) is 33.9 Å². The van der Waals surface area contributed by atoms with Gasteiger partial charge >= 0.3 is 0 Å². The van der Waals surface area contributed by atoms with Crippen LogP contribution in [-0.2, 0) is 4.79 Å². The molecule has 1 aliphatic heterocycles. The van der Waals surface area contributed by atoms with Gasteiger partial charge in [0.2, 0.25) is 12.2 Å². The lowest BCUT2D eigenvalue weighted by molar-refractivity contribution is -0.384. The van der Waals surface area contributed by atoms with Crippen LogP contribution in [-0.4, -0.2) is 40.6 Å². The Hall–Kier alpha value is -2.58. The summed E-state index contributed by atoms with van der Waals surface area (Å²) < 4.78 is 26.9. The molecule has 4 saturated carbocycles. The van der Waals surface area contributed by atoms with Crippen LogP contribution in [0.1, 0.15) is 42.5 Å². The number of nitrogens with one attached hydrogen (secondary N) is 1. The summed E-state index contributed by atoms with van der Waals surface area (Å²) in [6.07, 6.45) is 1.04. The molecule has 1 aromatic carbocycles. The normalized spacial score (nSPS) is 36.8. The molecule has 5 fully saturated rings. The first-order chi connectivity index (χ1) is 13.8. The van der Waals surface area contributed by atoms with Gasteiger partial charge in [-0.3, -0.25) is 19.7 Å². The summed E-state index contributed by atoms with van der Waals surface area (Å²) in [5, 5.41) is 13.9. The van der Waals surface area contributed by atoms with Crippen molar-refractivity contribution in [1.29, 1.82) is 0 Å². The number of nitro groups is 1. The van der Waals surface area contributed by atoms with Gasteiger partial charge in [0.25, 0.3) is 11.6 Å². The molecule has 0 spiro atoms. The maximum Gasteiger partial charge on any atom is 0.271 e. The second-order valence-electron chi connectivity index (χ2n) is 8.99. The number of nitrogens with zero attached hydrogens (tertiary/aromatic N) is 2. The molecule has 1 saturated heterocycles. The predicted molar refractivity (Wildman–Crippen MR) is 98.5 cm³/mol. The van der Waals surface area contributed by atoms with Gasteiger partial charge in [0.15, 0.2) is 6.17 Å². The van der Waals surface area contributed by atoms with Crippen molar-refractivity contribution >= 4 is 23.2 Å². The van der Waals surface area contributed by atoms with Crippen LogP contribution in [0.2, 0.25) is 0 Å². The highest BCUT2D eigenvalue weighted by Crippen LogP contribution is 2.65. The van der Waals surface area contributed by atoms with Gasteiger partial charge in [-0.25, -0.2) is 8.78 Å². The second kappa shape index (κ2) is 6.21. The van der Waals surface area contributed by atoms with Gasteiger partial charge in [0.1, 0.15) is 0 Å². The minimum Gasteiger partial charge on any atom is -0.325 e. The van der Waals surface area contributed by atoms with Crippen LogP contribution >= 0.6 is 0 Å². The van der Waals surface area contributed by atoms with Gasteiger partial charge < -0.3 is 10.2 Å². The lowest BCUT2D eigenvalue weighted by Gasteiger charge is -2.38. The van der Waals surface area contributed by atoms with E-state index < -0.39 is 28.7 Å². The van der Waals surface area contributed by atoms with Crippen LogP contribution in [0.25, 0.3) is 0 Å². The van der Waals surface area contributed by atoms with Crippen molar-refractivity contribution in [2.75, 3.05) is 11.9 Å². The Balaban J connectivity index is 1.45. The van der Waals surface area contributed by atoms with E-state index in [1.165, 1.54) is 6.07 Å². The number of halogens is 2. The van der Waals surface area contributed by atoms with E-state index in [9.17, 15) is 28.5 Å². The molecular formula is C20H21F2N3O4. The summed E-state index contributed by atoms with van der Waals surface area (Å²) in [6, 6.07) is 3.45. The molecule has 2 amide bonds. The summed E-state index contributed by atoms with van der Waals surface area (Å²) in [7, 11) is 0. The van der Waals surface area contributed by atoms with Crippen molar-refractivity contribution in [3.63, 3.8) is 0 Å². The van der Waals surface area contributed by atoms with Gasteiger partial charge in [-0.2, -0.15) is 0 Å². The van der Waals surface area contributed by atoms with E-state index in [2.05, 4.69) is 5.32 Å². The van der Waals surface area contributed by atoms with Gasteiger partial charge in [-0.15, -0.1) is 0 Å². The second-order valence-corrected chi connectivity index (χ2v) is 8.99. The minimum atomic E-state index is -2.04. The molecule has 4 unspecified atom stereocenters. The van der Waals surface area contributed by atoms with Crippen molar-refractivity contribution in [3.8, 4) is 0 Å². The molecular weight excluding hydrogens is 384 g/mol. The molecule has 4 aliphatic carbocycles. The van der Waals surface area contributed by atoms with Crippen LogP contribution in [0, 0.1) is 33.3 Å². The van der Waals surface area contributed by atoms with Crippen LogP contribution in [0.5, 0.6) is 0 Å². The first-order valence-corrected chi connectivity index (χ1v) is 9.97. The predicted octanol–water partition coefficient (Wildman–Crippen LogP) is 3.45. The highest BCUT2D eigenvalue weighted by atomic mass is 19.2. The molecule has 1 aromatic rings. The van der Waals surface area contributed by atoms with Crippen molar-refractivity contribution in [2.24, 2.45) is 23.2 Å². The first kappa shape index (κ1) is 18.4. The van der Waals surface area contributed by atoms with Crippen molar-refractivity contribution in [1.82, 2.24) is 4.90 Å². The summed E-state index contributed by atoms with van der Waals surface area (Å²) in [6.45, 7) is -0.375. The Bertz CT molecular complexity index is 909. The highest BCUT2D eigenvalue weighted by Gasteiger charge is 2.61. The zero-order valence-electron chi connectivity index (χ0n) is 15.6. The lowest BCUT2D eigenvalue weighted by atomic mass is 9.75. The molecule has 9 heteroatoms. The topological polar surface area (TPSA) is 92.5 Å². The Morgan fingerprint density at radius 3 is 2.45 bits per heavy atom. The van der Waals surface area contributed by atoms with Gasteiger partial charge in [0, 0.05) is 12.1 Å². The number of rotatable bonds is 4. The van der Waals surface area contributed by atoms with Gasteiger partial charge in [-0.1, -0.05) is 0 Å². The van der Waals surface area contributed by atoms with E-state index >= 15 is 0 Å². The largest absolute Gasteiger partial charge is 0.325 e. The molecule has 0 aromatic heterocycles. The van der Waals surface area contributed by atoms with Crippen LogP contribution < -0.4 is 5.32 Å². The summed E-state index contributed by atoms with van der Waals surface area (Å²) in [5.41, 5.74) is -0.839. The standard InChI is InChI=1S/C20H21F2N3O4/c21-15-9-24(17(15)22)18(26)14-2-1-13(25(28)29)6-16(14)23-19(27)20-7-10-3-11(8-20)5-12(20)4-10/h1-2,6,10-12,15,17H,3-5,7-9H2,(H,23,27). The average molecular weight is 405 g/mol. The van der Waals surface area contributed by atoms with E-state index in [0.717, 1.165) is 49.1 Å². The number of amides is 2. The zero-order valence-corrected chi connectivity index (χ0v) is 15.6. The highest BCUT2D eigenvalue weighted by molar-refractivity contribution is 6.06. The zero-order chi connectivity index (χ0) is 20.5. The number of carbonyl (C=O) groups is 2. The molecule has 5 aliphatic rings. The fraction of sp³-hybridized carbons (Fsp3) is 0.600. The van der Waals surface area contributed by atoms with Gasteiger partial charge in [0.05, 0.1) is 28.1 Å². The molecule has 29 heavy (non-hydrogen) atoms. The minimum absolute atomic E-state index is 0.00990. The molecule has 154 valence electrons. The van der Waals surface area contributed by atoms with E-state index in [1.807, 2.05) is 0 Å². The fourth-order valence-electron chi connectivity index (χ4n) is 6.13. The molecule has 6 rings (SSSR count). The molecule has 1 N–H and O–H groups in total. The van der Waals surface area contributed by atoms with Crippen LogP contribution in [0.4, 0.5) is 20.2 Å². The van der Waals surface area contributed by atoms with Crippen LogP contribution in [0.3, 0.4) is 0 Å². The summed E-state index contributed by atoms with van der Waals surface area (Å²) in [4.78, 5) is 37.2. The first-order valence-electron chi connectivity index (χ1n) is 9.97. The molecule has 1 heterocycles. The third kappa shape index (κ3) is 2.66. The number of non-ortho nitro benzene ring substituents is 1. The summed E-state index contributed by atoms with van der Waals surface area (Å²) in [5.74, 6) is 0.387. The fourth-order valence-corrected chi connectivity index (χ4v) is 6.13. The molecule has 4 bridgehead atoms. The van der Waals surface area contributed by atoms with E-state index in [4.69, 9.17) is 0 Å². The number of likely N-dealkylation sites (tertiary alicyclic amines) is 1. The molecule has 0 radical (unpaired) electrons. The lowest BCUT2D eigenvalue weighted by Crippen LogP contribution is -2.58. The number of anilines is 1. The number of hydrogen-bond acceptors (Lipinski definition) is 4. The number of nitro benzene ring substituents is 1. The number of alkyl halides is 2. The smallest absolute Gasteiger partial charge is 0.271 e. The Kier molecular flexibility index (Phi) is 3.95. The Labute approximate surface area is 165 Å². The van der Waals surface area contributed by atoms with Gasteiger partial charge in [-0.05, 0) is 55.9 Å². The monoisotopic (exact) mass is 405 g/mol. The van der Waals surface area contributed by atoms with Crippen molar-refractivity contribution in [2.45, 2.75) is 44.6 Å². The Morgan fingerprint density at radius 1 is 1.17 bits per heavy atom. The van der Waals surface area contributed by atoms with E-state index in [1.54, 1.807) is 0 Å². The SMILES string of the molecule is O=C(c1ccc([N+](=O)[O-])cc1NC(=O)C12CC3CC(CC1C3)C2)N1CC(F)C1F. The number of benzene rings is 1. The summed E-state index contributed by atoms with van der Waals surface area (Å²) >= 11 is 0. The maximum absolute atomic E-state index is 13.7. The third-order valence-corrected chi connectivity index (χ3v) is 7.36. The third-order valence-electron chi connectivity index (χ3n) is 7.36. The maximum atomic E-state index is 13.7. The van der Waals surface area contributed by atoms with E-state index in [-0.39, 0.29) is 29.4 Å². The average Bonchev–Trinajstić information content (AvgIpc) is 3.10.